The summed E-state index contributed by atoms with van der Waals surface area (Å²) in [6, 6.07) is 17.4. The third-order valence-electron chi connectivity index (χ3n) is 3.91. The van der Waals surface area contributed by atoms with Crippen molar-refractivity contribution < 1.29 is 9.21 Å². The van der Waals surface area contributed by atoms with Gasteiger partial charge in [-0.3, -0.25) is 4.79 Å². The summed E-state index contributed by atoms with van der Waals surface area (Å²) in [5.74, 6) is 0.979. The van der Waals surface area contributed by atoms with Gasteiger partial charge in [0.2, 0.25) is 17.7 Å². The van der Waals surface area contributed by atoms with E-state index in [1.165, 1.54) is 0 Å². The van der Waals surface area contributed by atoms with Crippen molar-refractivity contribution >= 4 is 11.6 Å². The van der Waals surface area contributed by atoms with Crippen LogP contribution in [0.15, 0.2) is 59.0 Å². The topological polar surface area (TPSA) is 59.2 Å². The number of rotatable bonds is 5. The molecule has 0 aliphatic carbocycles. The highest BCUT2D eigenvalue weighted by Crippen LogP contribution is 2.22. The first-order chi connectivity index (χ1) is 11.6. The Kier molecular flexibility index (Phi) is 4.70. The van der Waals surface area contributed by atoms with Gasteiger partial charge in [-0.05, 0) is 30.7 Å². The first kappa shape index (κ1) is 15.9. The molecule has 2 aromatic carbocycles. The summed E-state index contributed by atoms with van der Waals surface area (Å²) in [5.41, 5.74) is 2.87. The van der Waals surface area contributed by atoms with Gasteiger partial charge in [0.15, 0.2) is 0 Å². The molecule has 1 heterocycles. The van der Waals surface area contributed by atoms with Crippen LogP contribution in [0.25, 0.3) is 11.5 Å². The first-order valence-corrected chi connectivity index (χ1v) is 7.85. The Morgan fingerprint density at radius 2 is 1.75 bits per heavy atom. The molecule has 0 radical (unpaired) electrons. The van der Waals surface area contributed by atoms with E-state index in [0.717, 1.165) is 16.8 Å². The van der Waals surface area contributed by atoms with Gasteiger partial charge in [-0.15, -0.1) is 10.2 Å². The Hall–Kier alpha value is -2.95. The molecular formula is C19H19N3O2. The van der Waals surface area contributed by atoms with Crippen LogP contribution in [-0.4, -0.2) is 23.2 Å². The number of amides is 1. The molecule has 0 atom stereocenters. The first-order valence-electron chi connectivity index (χ1n) is 7.85. The van der Waals surface area contributed by atoms with Crippen molar-refractivity contribution in [1.82, 2.24) is 10.2 Å². The Labute approximate surface area is 140 Å². The maximum atomic E-state index is 12.3. The minimum absolute atomic E-state index is 0.0110. The van der Waals surface area contributed by atoms with Crippen molar-refractivity contribution in [3.63, 3.8) is 0 Å². The van der Waals surface area contributed by atoms with E-state index in [2.05, 4.69) is 10.2 Å². The lowest BCUT2D eigenvalue weighted by atomic mass is 10.1. The molecule has 24 heavy (non-hydrogen) atoms. The molecule has 0 unspecified atom stereocenters. The van der Waals surface area contributed by atoms with Crippen molar-refractivity contribution in [1.29, 1.82) is 0 Å². The number of benzene rings is 2. The van der Waals surface area contributed by atoms with Crippen molar-refractivity contribution in [2.45, 2.75) is 19.8 Å². The van der Waals surface area contributed by atoms with Crippen molar-refractivity contribution in [3.05, 3.63) is 66.1 Å². The molecule has 0 spiro atoms. The van der Waals surface area contributed by atoms with Gasteiger partial charge in [0, 0.05) is 31.1 Å². The third-order valence-corrected chi connectivity index (χ3v) is 3.91. The number of aryl methyl sites for hydroxylation is 2. The van der Waals surface area contributed by atoms with E-state index in [4.69, 9.17) is 4.42 Å². The zero-order valence-corrected chi connectivity index (χ0v) is 13.8. The smallest absolute Gasteiger partial charge is 0.247 e. The van der Waals surface area contributed by atoms with Crippen LogP contribution in [0.5, 0.6) is 0 Å². The molecule has 0 aliphatic rings. The van der Waals surface area contributed by atoms with Gasteiger partial charge < -0.3 is 9.32 Å². The molecule has 1 aromatic heterocycles. The van der Waals surface area contributed by atoms with Crippen LogP contribution in [-0.2, 0) is 11.2 Å². The Bertz CT molecular complexity index is 827. The largest absolute Gasteiger partial charge is 0.421 e. The predicted octanol–water partition coefficient (Wildman–Crippen LogP) is 3.64. The van der Waals surface area contributed by atoms with E-state index < -0.39 is 0 Å². The number of aromatic nitrogens is 2. The van der Waals surface area contributed by atoms with Crippen molar-refractivity contribution in [2.24, 2.45) is 0 Å². The maximum absolute atomic E-state index is 12.3. The fourth-order valence-electron chi connectivity index (χ4n) is 2.45. The van der Waals surface area contributed by atoms with Crippen molar-refractivity contribution in [2.75, 3.05) is 11.9 Å². The lowest BCUT2D eigenvalue weighted by Crippen LogP contribution is -2.26. The predicted molar refractivity (Wildman–Crippen MR) is 92.6 cm³/mol. The number of hydrogen-bond donors (Lipinski definition) is 0. The molecule has 5 heteroatoms. The maximum Gasteiger partial charge on any atom is 0.247 e. The minimum atomic E-state index is 0.0110. The van der Waals surface area contributed by atoms with E-state index in [9.17, 15) is 4.79 Å². The fourth-order valence-corrected chi connectivity index (χ4v) is 2.45. The van der Waals surface area contributed by atoms with E-state index >= 15 is 0 Å². The highest BCUT2D eigenvalue weighted by atomic mass is 16.4. The fraction of sp³-hybridized carbons (Fsp3) is 0.211. The molecular weight excluding hydrogens is 302 g/mol. The summed E-state index contributed by atoms with van der Waals surface area (Å²) in [6.45, 7) is 2.00. The lowest BCUT2D eigenvalue weighted by Gasteiger charge is -2.16. The average molecular weight is 321 g/mol. The van der Waals surface area contributed by atoms with Gasteiger partial charge in [-0.25, -0.2) is 0 Å². The number of nitrogens with zero attached hydrogens (tertiary/aromatic N) is 3. The quantitative estimate of drug-likeness (QED) is 0.720. The van der Waals surface area contributed by atoms with Crippen LogP contribution >= 0.6 is 0 Å². The molecule has 0 saturated carbocycles. The molecule has 3 aromatic rings. The number of carbonyl (C=O) groups excluding carboxylic acids is 1. The second-order valence-electron chi connectivity index (χ2n) is 5.60. The van der Waals surface area contributed by atoms with Crippen LogP contribution in [0, 0.1) is 6.92 Å². The second kappa shape index (κ2) is 7.08. The van der Waals surface area contributed by atoms with Crippen LogP contribution in [0.2, 0.25) is 0 Å². The van der Waals surface area contributed by atoms with Gasteiger partial charge in [-0.1, -0.05) is 36.4 Å². The van der Waals surface area contributed by atoms with Gasteiger partial charge >= 0.3 is 0 Å². The van der Waals surface area contributed by atoms with Crippen molar-refractivity contribution in [3.8, 4) is 11.5 Å². The van der Waals surface area contributed by atoms with Gasteiger partial charge in [0.1, 0.15) is 0 Å². The lowest BCUT2D eigenvalue weighted by molar-refractivity contribution is -0.118. The van der Waals surface area contributed by atoms with E-state index in [-0.39, 0.29) is 5.91 Å². The van der Waals surface area contributed by atoms with E-state index in [1.54, 1.807) is 11.9 Å². The van der Waals surface area contributed by atoms with Gasteiger partial charge in [-0.2, -0.15) is 0 Å². The summed E-state index contributed by atoms with van der Waals surface area (Å²) < 4.78 is 5.69. The number of carbonyl (C=O) groups is 1. The number of hydrogen-bond acceptors (Lipinski definition) is 4. The van der Waals surface area contributed by atoms with Gasteiger partial charge in [0.05, 0.1) is 0 Å². The summed E-state index contributed by atoms with van der Waals surface area (Å²) in [6.07, 6.45) is 0.746. The normalized spacial score (nSPS) is 10.6. The molecule has 0 bridgehead atoms. The van der Waals surface area contributed by atoms with Crippen LogP contribution in [0.4, 0.5) is 5.69 Å². The van der Waals surface area contributed by atoms with Crippen LogP contribution < -0.4 is 4.90 Å². The summed E-state index contributed by atoms with van der Waals surface area (Å²) in [4.78, 5) is 13.9. The Morgan fingerprint density at radius 1 is 1.04 bits per heavy atom. The number of para-hydroxylation sites is 1. The minimum Gasteiger partial charge on any atom is -0.421 e. The molecule has 5 nitrogen and oxygen atoms in total. The van der Waals surface area contributed by atoms with Crippen LogP contribution in [0.3, 0.4) is 0 Å². The molecule has 0 aliphatic heterocycles. The highest BCUT2D eigenvalue weighted by Gasteiger charge is 2.14. The zero-order valence-electron chi connectivity index (χ0n) is 13.8. The monoisotopic (exact) mass is 321 g/mol. The SMILES string of the molecule is Cc1ccccc1-c1nnc(CCC(=O)N(C)c2ccccc2)o1. The molecule has 0 N–H and O–H groups in total. The summed E-state index contributed by atoms with van der Waals surface area (Å²) in [5, 5.41) is 8.14. The molecule has 122 valence electrons. The third kappa shape index (κ3) is 3.51. The van der Waals surface area contributed by atoms with Gasteiger partial charge in [0.25, 0.3) is 0 Å². The number of anilines is 1. The highest BCUT2D eigenvalue weighted by molar-refractivity contribution is 5.92. The Balaban J connectivity index is 1.64. The Morgan fingerprint density at radius 3 is 2.50 bits per heavy atom. The molecule has 0 saturated heterocycles. The van der Waals surface area contributed by atoms with E-state index in [0.29, 0.717) is 24.6 Å². The summed E-state index contributed by atoms with van der Waals surface area (Å²) >= 11 is 0. The zero-order chi connectivity index (χ0) is 16.9. The average Bonchev–Trinajstić information content (AvgIpc) is 3.09. The molecule has 3 rings (SSSR count). The molecule has 0 fully saturated rings. The standard InChI is InChI=1S/C19H19N3O2/c1-14-8-6-7-11-16(14)19-21-20-17(24-19)12-13-18(23)22(2)15-9-4-3-5-10-15/h3-11H,12-13H2,1-2H3. The van der Waals surface area contributed by atoms with Crippen LogP contribution in [0.1, 0.15) is 17.9 Å². The second-order valence-corrected chi connectivity index (χ2v) is 5.60. The molecule has 1 amide bonds. The van der Waals surface area contributed by atoms with E-state index in [1.807, 2.05) is 61.5 Å². The summed E-state index contributed by atoms with van der Waals surface area (Å²) in [7, 11) is 1.77.